The van der Waals surface area contributed by atoms with E-state index in [-0.39, 0.29) is 12.3 Å². The zero-order valence-corrected chi connectivity index (χ0v) is 7.66. The van der Waals surface area contributed by atoms with Gasteiger partial charge < -0.3 is 10.2 Å². The molecule has 0 saturated heterocycles. The molecule has 1 amide bonds. The molecule has 0 radical (unpaired) electrons. The second-order valence-corrected chi connectivity index (χ2v) is 3.22. The minimum absolute atomic E-state index is 0.108. The highest BCUT2D eigenvalue weighted by atomic mass is 17.1. The highest BCUT2D eigenvalue weighted by molar-refractivity contribution is 5.87. The van der Waals surface area contributed by atoms with Gasteiger partial charge >= 0.3 is 5.97 Å². The molecule has 0 aliphatic heterocycles. The van der Waals surface area contributed by atoms with Crippen molar-refractivity contribution in [2.24, 2.45) is 0 Å². The Bertz CT molecular complexity index is 222. The van der Waals surface area contributed by atoms with E-state index < -0.39 is 11.5 Å². The van der Waals surface area contributed by atoms with Crippen LogP contribution in [0, 0.1) is 0 Å². The van der Waals surface area contributed by atoms with E-state index in [1.54, 1.807) is 13.8 Å². The van der Waals surface area contributed by atoms with Crippen molar-refractivity contribution in [3.8, 4) is 0 Å². The Morgan fingerprint density at radius 2 is 2.15 bits per heavy atom. The third-order valence-electron chi connectivity index (χ3n) is 1.34. The van der Waals surface area contributed by atoms with Crippen molar-refractivity contribution in [2.45, 2.75) is 25.8 Å². The number of hydrogen-bond acceptors (Lipinski definition) is 4. The van der Waals surface area contributed by atoms with E-state index in [0.717, 1.165) is 6.08 Å². The lowest BCUT2D eigenvalue weighted by atomic mass is 10.0. The predicted octanol–water partition coefficient (Wildman–Crippen LogP) is 0.473. The van der Waals surface area contributed by atoms with Gasteiger partial charge in [-0.15, -0.1) is 0 Å². The first-order valence-corrected chi connectivity index (χ1v) is 3.70. The smallest absolute Gasteiger partial charge is 0.344 e. The first kappa shape index (κ1) is 11.6. The summed E-state index contributed by atoms with van der Waals surface area (Å²) >= 11 is 0. The topological polar surface area (TPSA) is 75.6 Å². The van der Waals surface area contributed by atoms with Crippen LogP contribution in [-0.4, -0.2) is 22.7 Å². The van der Waals surface area contributed by atoms with E-state index in [4.69, 9.17) is 5.26 Å². The van der Waals surface area contributed by atoms with Crippen LogP contribution >= 0.6 is 0 Å². The molecule has 74 valence electrons. The predicted molar refractivity (Wildman–Crippen MR) is 45.8 cm³/mol. The zero-order valence-electron chi connectivity index (χ0n) is 7.66. The van der Waals surface area contributed by atoms with Crippen molar-refractivity contribution in [1.29, 1.82) is 0 Å². The minimum Gasteiger partial charge on any atom is -0.347 e. The molecule has 5 heteroatoms. The molecule has 0 aromatic rings. The van der Waals surface area contributed by atoms with Crippen LogP contribution in [0.2, 0.25) is 0 Å². The number of carbonyl (C=O) groups excluding carboxylic acids is 2. The molecule has 0 rings (SSSR count). The van der Waals surface area contributed by atoms with Gasteiger partial charge in [-0.1, -0.05) is 6.58 Å². The molecule has 0 aromatic carbocycles. The Labute approximate surface area is 76.3 Å². The van der Waals surface area contributed by atoms with Gasteiger partial charge in [0.25, 0.3) is 0 Å². The summed E-state index contributed by atoms with van der Waals surface area (Å²) < 4.78 is 0. The van der Waals surface area contributed by atoms with Gasteiger partial charge in [-0.05, 0) is 19.9 Å². The molecule has 0 atom stereocenters. The van der Waals surface area contributed by atoms with Crippen molar-refractivity contribution in [3.05, 3.63) is 12.7 Å². The molecule has 0 unspecified atom stereocenters. The van der Waals surface area contributed by atoms with E-state index in [1.165, 1.54) is 0 Å². The second-order valence-electron chi connectivity index (χ2n) is 3.22. The maximum absolute atomic E-state index is 10.9. The van der Waals surface area contributed by atoms with Crippen molar-refractivity contribution >= 4 is 11.9 Å². The molecule has 0 aromatic heterocycles. The van der Waals surface area contributed by atoms with Crippen LogP contribution in [0.3, 0.4) is 0 Å². The van der Waals surface area contributed by atoms with E-state index >= 15 is 0 Å². The lowest BCUT2D eigenvalue weighted by molar-refractivity contribution is -0.235. The van der Waals surface area contributed by atoms with Crippen LogP contribution < -0.4 is 5.32 Å². The molecular formula is C8H13NO4. The fourth-order valence-electron chi connectivity index (χ4n) is 0.822. The van der Waals surface area contributed by atoms with Gasteiger partial charge in [0.2, 0.25) is 5.91 Å². The molecule has 0 saturated carbocycles. The number of amides is 1. The summed E-state index contributed by atoms with van der Waals surface area (Å²) in [6.45, 7) is 6.53. The minimum atomic E-state index is -0.797. The quantitative estimate of drug-likeness (QED) is 0.381. The summed E-state index contributed by atoms with van der Waals surface area (Å²) in [7, 11) is 0. The summed E-state index contributed by atoms with van der Waals surface area (Å²) in [6, 6.07) is 0. The first-order chi connectivity index (χ1) is 5.91. The maximum atomic E-state index is 10.9. The van der Waals surface area contributed by atoms with E-state index in [2.05, 4.69) is 16.8 Å². The van der Waals surface area contributed by atoms with Gasteiger partial charge in [0.1, 0.15) is 0 Å². The molecule has 13 heavy (non-hydrogen) atoms. The van der Waals surface area contributed by atoms with Crippen LogP contribution in [0.1, 0.15) is 20.3 Å². The lowest BCUT2D eigenvalue weighted by Gasteiger charge is -2.23. The normalized spacial score (nSPS) is 10.4. The van der Waals surface area contributed by atoms with E-state index in [1.807, 2.05) is 0 Å². The Hall–Kier alpha value is -1.36. The van der Waals surface area contributed by atoms with Crippen molar-refractivity contribution in [2.75, 3.05) is 0 Å². The molecule has 0 aliphatic carbocycles. The first-order valence-electron chi connectivity index (χ1n) is 3.70. The standard InChI is InChI=1S/C8H13NO4/c1-4-6(10)9-8(2,3)5-7(11)13-12/h4,12H,1,5H2,2-3H3,(H,9,10). The Morgan fingerprint density at radius 3 is 2.54 bits per heavy atom. The monoisotopic (exact) mass is 187 g/mol. The highest BCUT2D eigenvalue weighted by Crippen LogP contribution is 2.08. The van der Waals surface area contributed by atoms with Gasteiger partial charge in [0.15, 0.2) is 0 Å². The zero-order chi connectivity index (χ0) is 10.5. The SMILES string of the molecule is C=CC(=O)NC(C)(C)CC(=O)OO. The summed E-state index contributed by atoms with van der Waals surface area (Å²) in [5.74, 6) is -1.18. The Morgan fingerprint density at radius 1 is 1.62 bits per heavy atom. The van der Waals surface area contributed by atoms with Crippen molar-refractivity contribution < 1.29 is 19.7 Å². The van der Waals surface area contributed by atoms with Crippen molar-refractivity contribution in [3.63, 3.8) is 0 Å². The Balaban J connectivity index is 4.14. The van der Waals surface area contributed by atoms with Gasteiger partial charge in [-0.3, -0.25) is 4.79 Å². The molecule has 0 aliphatic rings. The lowest BCUT2D eigenvalue weighted by Crippen LogP contribution is -2.44. The molecule has 0 fully saturated rings. The molecule has 0 bridgehead atoms. The van der Waals surface area contributed by atoms with Gasteiger partial charge in [0.05, 0.1) is 6.42 Å². The summed E-state index contributed by atoms with van der Waals surface area (Å²) in [4.78, 5) is 25.0. The van der Waals surface area contributed by atoms with E-state index in [9.17, 15) is 9.59 Å². The highest BCUT2D eigenvalue weighted by Gasteiger charge is 2.24. The second kappa shape index (κ2) is 4.61. The fraction of sp³-hybridized carbons (Fsp3) is 0.500. The number of hydrogen-bond donors (Lipinski definition) is 2. The van der Waals surface area contributed by atoms with Crippen LogP contribution in [0.15, 0.2) is 12.7 Å². The van der Waals surface area contributed by atoms with Crippen LogP contribution in [0.25, 0.3) is 0 Å². The molecule has 0 heterocycles. The van der Waals surface area contributed by atoms with Gasteiger partial charge in [-0.25, -0.2) is 4.79 Å². The number of nitrogens with one attached hydrogen (secondary N) is 1. The largest absolute Gasteiger partial charge is 0.347 e. The van der Waals surface area contributed by atoms with Crippen LogP contribution in [0.5, 0.6) is 0 Å². The molecular weight excluding hydrogens is 174 g/mol. The maximum Gasteiger partial charge on any atom is 0.344 e. The van der Waals surface area contributed by atoms with Crippen LogP contribution in [0.4, 0.5) is 0 Å². The van der Waals surface area contributed by atoms with E-state index in [0.29, 0.717) is 0 Å². The number of carbonyl (C=O) groups is 2. The average molecular weight is 187 g/mol. The fourth-order valence-corrected chi connectivity index (χ4v) is 0.822. The molecule has 2 N–H and O–H groups in total. The van der Waals surface area contributed by atoms with Crippen LogP contribution in [-0.2, 0) is 14.5 Å². The summed E-state index contributed by atoms with van der Waals surface area (Å²) in [5.41, 5.74) is -0.759. The van der Waals surface area contributed by atoms with Gasteiger partial charge in [-0.2, -0.15) is 5.26 Å². The number of rotatable bonds is 4. The summed E-state index contributed by atoms with van der Waals surface area (Å²) in [6.07, 6.45) is 0.995. The third-order valence-corrected chi connectivity index (χ3v) is 1.34. The molecule has 0 spiro atoms. The average Bonchev–Trinajstić information content (AvgIpc) is 2.02. The Kier molecular flexibility index (Phi) is 4.13. The van der Waals surface area contributed by atoms with Gasteiger partial charge in [0, 0.05) is 5.54 Å². The summed E-state index contributed by atoms with van der Waals surface area (Å²) in [5, 5.41) is 10.5. The third kappa shape index (κ3) is 4.97. The van der Waals surface area contributed by atoms with Crippen molar-refractivity contribution in [1.82, 2.24) is 5.32 Å². The molecule has 5 nitrogen and oxygen atoms in total.